The number of pyridine rings is 4. The number of rotatable bonds is 10. The first-order valence-electron chi connectivity index (χ1n) is 26.0. The third-order valence-corrected chi connectivity index (χ3v) is 12.9. The molecule has 6 aromatic heterocycles. The molecule has 0 fully saturated rings. The number of carbonyl (C=O) groups is 2. The Morgan fingerprint density at radius 1 is 0.375 bits per heavy atom. The molecule has 0 radical (unpaired) electrons. The van der Waals surface area contributed by atoms with Crippen molar-refractivity contribution < 1.29 is 19.1 Å². The highest BCUT2D eigenvalue weighted by molar-refractivity contribution is 6.00. The maximum Gasteiger partial charge on any atom is 0.324 e. The molecule has 0 spiro atoms. The minimum atomic E-state index is -0.377. The largest absolute Gasteiger partial charge is 0.457 e. The van der Waals surface area contributed by atoms with Gasteiger partial charge in [0.25, 0.3) is 0 Å². The number of benzene rings is 6. The number of fused-ring (bicyclic) bond motifs is 4. The van der Waals surface area contributed by atoms with Crippen LogP contribution in [-0.4, -0.2) is 51.6 Å². The number of ether oxygens (including phenoxy) is 2. The van der Waals surface area contributed by atoms with Gasteiger partial charge in [0, 0.05) is 86.7 Å². The second-order valence-corrected chi connectivity index (χ2v) is 21.0. The first-order chi connectivity index (χ1) is 38.6. The normalized spacial score (nSPS) is 11.5. The molecule has 396 valence electrons. The smallest absolute Gasteiger partial charge is 0.324 e. The van der Waals surface area contributed by atoms with Crippen molar-refractivity contribution in [2.75, 3.05) is 21.3 Å². The average molecular weight is 1060 g/mol. The van der Waals surface area contributed by atoms with E-state index in [9.17, 15) is 9.59 Å². The highest BCUT2D eigenvalue weighted by atomic mass is 16.5. The summed E-state index contributed by atoms with van der Waals surface area (Å²) < 4.78 is 15.5. The number of anilines is 4. The SMILES string of the molecule is CC(C)(C)c1cc(NC(=O)Nc2ccc(Oc3ccc4cccnc4c3)cc2)n(-c2ccc3ncccc3c2)n1.CC(C)(C)c1cc(NC(=O)Nc2ccc(Oc3ccc4ncccc4c3)cc2)n(-c2ccc3ncccc3c2)n1. The van der Waals surface area contributed by atoms with E-state index < -0.39 is 0 Å². The molecule has 6 heterocycles. The zero-order valence-corrected chi connectivity index (χ0v) is 44.8. The van der Waals surface area contributed by atoms with E-state index >= 15 is 0 Å². The molecule has 80 heavy (non-hydrogen) atoms. The van der Waals surface area contributed by atoms with Crippen molar-refractivity contribution in [3.05, 3.63) is 218 Å². The van der Waals surface area contributed by atoms with Crippen LogP contribution in [0.2, 0.25) is 0 Å². The van der Waals surface area contributed by atoms with Crippen molar-refractivity contribution in [1.29, 1.82) is 0 Å². The molecule has 0 saturated heterocycles. The third-order valence-electron chi connectivity index (χ3n) is 12.9. The first kappa shape index (κ1) is 51.6. The van der Waals surface area contributed by atoms with Crippen molar-refractivity contribution >= 4 is 78.7 Å². The van der Waals surface area contributed by atoms with Gasteiger partial charge < -0.3 is 20.1 Å². The maximum atomic E-state index is 13.0. The van der Waals surface area contributed by atoms with Crippen LogP contribution in [0.1, 0.15) is 52.9 Å². The number of nitrogens with zero attached hydrogens (tertiary/aromatic N) is 8. The zero-order valence-electron chi connectivity index (χ0n) is 44.8. The van der Waals surface area contributed by atoms with Crippen LogP contribution in [0.3, 0.4) is 0 Å². The standard InChI is InChI=1S/2C32H28N6O2/c1-32(2,3)29-20-30(38(37-29)24-11-15-27-22(18-24)7-5-16-33-27)36-31(39)35-23-9-13-25(14-10-23)40-26-12-8-21-6-4-17-34-28(21)19-26;1-32(2,3)29-20-30(38(37-29)24-10-14-27-21(18-24)6-4-16-33-27)36-31(39)35-23-8-11-25(12-9-23)40-26-13-15-28-22(19-26)7-5-17-34-28/h2*4-20H,1-3H3,(H2,35,36,39). The Morgan fingerprint density at radius 3 is 1.20 bits per heavy atom. The van der Waals surface area contributed by atoms with Gasteiger partial charge in [-0.2, -0.15) is 10.2 Å². The van der Waals surface area contributed by atoms with Gasteiger partial charge in [-0.25, -0.2) is 19.0 Å². The molecule has 12 rings (SSSR count). The lowest BCUT2D eigenvalue weighted by molar-refractivity contribution is 0.261. The van der Waals surface area contributed by atoms with Crippen molar-refractivity contribution in [3.63, 3.8) is 0 Å². The van der Waals surface area contributed by atoms with E-state index in [-0.39, 0.29) is 22.9 Å². The topological polar surface area (TPSA) is 188 Å². The van der Waals surface area contributed by atoms with E-state index in [1.165, 1.54) is 0 Å². The third kappa shape index (κ3) is 12.0. The van der Waals surface area contributed by atoms with Crippen LogP contribution in [0, 0.1) is 0 Å². The van der Waals surface area contributed by atoms with E-state index in [2.05, 4.69) is 82.7 Å². The summed E-state index contributed by atoms with van der Waals surface area (Å²) in [6.45, 7) is 12.5. The lowest BCUT2D eigenvalue weighted by Crippen LogP contribution is -2.21. The van der Waals surface area contributed by atoms with E-state index in [0.29, 0.717) is 46.0 Å². The fraction of sp³-hybridized carbons (Fsp3) is 0.125. The molecule has 0 aliphatic heterocycles. The molecule has 6 aromatic carbocycles. The highest BCUT2D eigenvalue weighted by Gasteiger charge is 2.24. The Labute approximate surface area is 461 Å². The van der Waals surface area contributed by atoms with Gasteiger partial charge in [0.15, 0.2) is 0 Å². The van der Waals surface area contributed by atoms with Crippen molar-refractivity contribution in [3.8, 4) is 34.4 Å². The van der Waals surface area contributed by atoms with Crippen LogP contribution in [-0.2, 0) is 10.8 Å². The summed E-state index contributed by atoms with van der Waals surface area (Å²) in [5.74, 6) is 3.85. The van der Waals surface area contributed by atoms with Gasteiger partial charge in [0.05, 0.1) is 44.8 Å². The summed E-state index contributed by atoms with van der Waals surface area (Å²) in [4.78, 5) is 43.6. The molecule has 0 unspecified atom stereocenters. The molecular weight excluding hydrogens is 1000 g/mol. The van der Waals surface area contributed by atoms with Crippen molar-refractivity contribution in [2.24, 2.45) is 0 Å². The summed E-state index contributed by atoms with van der Waals surface area (Å²) in [6.07, 6.45) is 7.06. The van der Waals surface area contributed by atoms with E-state index in [1.807, 2.05) is 158 Å². The second-order valence-electron chi connectivity index (χ2n) is 21.0. The molecular formula is C64H56N12O4. The van der Waals surface area contributed by atoms with Gasteiger partial charge >= 0.3 is 12.1 Å². The van der Waals surface area contributed by atoms with E-state index in [1.54, 1.807) is 58.4 Å². The lowest BCUT2D eigenvalue weighted by atomic mass is 9.92. The maximum absolute atomic E-state index is 13.0. The van der Waals surface area contributed by atoms with Crippen LogP contribution >= 0.6 is 0 Å². The zero-order chi connectivity index (χ0) is 55.4. The minimum absolute atomic E-state index is 0.200. The average Bonchev–Trinajstić information content (AvgIpc) is 4.11. The Kier molecular flexibility index (Phi) is 14.1. The quantitative estimate of drug-likeness (QED) is 0.103. The molecule has 0 saturated carbocycles. The van der Waals surface area contributed by atoms with Gasteiger partial charge in [0.1, 0.15) is 34.6 Å². The number of hydrogen-bond acceptors (Lipinski definition) is 10. The second kappa shape index (κ2) is 21.9. The number of amides is 4. The molecule has 0 bridgehead atoms. The first-order valence-corrected chi connectivity index (χ1v) is 26.0. The number of carbonyl (C=O) groups excluding carboxylic acids is 2. The van der Waals surface area contributed by atoms with Gasteiger partial charge in [-0.1, -0.05) is 65.8 Å². The molecule has 4 N–H and O–H groups in total. The molecule has 0 aliphatic carbocycles. The summed E-state index contributed by atoms with van der Waals surface area (Å²) in [6, 6.07) is 56.5. The molecule has 16 nitrogen and oxygen atoms in total. The number of nitrogens with one attached hydrogen (secondary N) is 4. The molecule has 0 aliphatic rings. The minimum Gasteiger partial charge on any atom is -0.457 e. The fourth-order valence-corrected chi connectivity index (χ4v) is 8.73. The Hall–Kier alpha value is -10.5. The monoisotopic (exact) mass is 1060 g/mol. The molecule has 16 heteroatoms. The summed E-state index contributed by atoms with van der Waals surface area (Å²) in [5.41, 5.74) is 7.81. The van der Waals surface area contributed by atoms with Crippen LogP contribution in [0.4, 0.5) is 32.6 Å². The molecule has 12 aromatic rings. The number of hydrogen-bond donors (Lipinski definition) is 4. The van der Waals surface area contributed by atoms with Gasteiger partial charge in [0.2, 0.25) is 0 Å². The summed E-state index contributed by atoms with van der Waals surface area (Å²) in [5, 5.41) is 25.4. The van der Waals surface area contributed by atoms with Gasteiger partial charge in [-0.15, -0.1) is 0 Å². The van der Waals surface area contributed by atoms with Gasteiger partial charge in [-0.3, -0.25) is 30.6 Å². The highest BCUT2D eigenvalue weighted by Crippen LogP contribution is 2.32. The fourth-order valence-electron chi connectivity index (χ4n) is 8.73. The Bertz CT molecular complexity index is 3950. The predicted octanol–water partition coefficient (Wildman–Crippen LogP) is 15.4. The predicted molar refractivity (Wildman–Crippen MR) is 317 cm³/mol. The van der Waals surface area contributed by atoms with Crippen molar-refractivity contribution in [2.45, 2.75) is 52.4 Å². The lowest BCUT2D eigenvalue weighted by Gasteiger charge is -2.14. The van der Waals surface area contributed by atoms with Gasteiger partial charge in [-0.05, 0) is 140 Å². The van der Waals surface area contributed by atoms with Crippen molar-refractivity contribution in [1.82, 2.24) is 39.5 Å². The van der Waals surface area contributed by atoms with Crippen LogP contribution in [0.25, 0.3) is 55.0 Å². The Morgan fingerprint density at radius 2 is 0.750 bits per heavy atom. The van der Waals surface area contributed by atoms with Crippen LogP contribution in [0.15, 0.2) is 207 Å². The summed E-state index contributed by atoms with van der Waals surface area (Å²) >= 11 is 0. The Balaban J connectivity index is 0.000000169. The van der Waals surface area contributed by atoms with E-state index in [0.717, 1.165) is 66.4 Å². The van der Waals surface area contributed by atoms with Crippen LogP contribution in [0.5, 0.6) is 23.0 Å². The molecule has 4 amide bonds. The van der Waals surface area contributed by atoms with E-state index in [4.69, 9.17) is 19.7 Å². The summed E-state index contributed by atoms with van der Waals surface area (Å²) in [7, 11) is 0. The molecule has 0 atom stereocenters. The van der Waals surface area contributed by atoms with Crippen LogP contribution < -0.4 is 30.7 Å². The number of aromatic nitrogens is 8. The number of urea groups is 2.